The van der Waals surface area contributed by atoms with Crippen molar-refractivity contribution in [2.45, 2.75) is 6.54 Å². The van der Waals surface area contributed by atoms with Crippen LogP contribution >= 0.6 is 0 Å². The van der Waals surface area contributed by atoms with E-state index < -0.39 is 10.2 Å². The van der Waals surface area contributed by atoms with Gasteiger partial charge >= 0.3 is 0 Å². The Morgan fingerprint density at radius 3 is 1.33 bits per heavy atom. The number of halogens is 1. The summed E-state index contributed by atoms with van der Waals surface area (Å²) < 4.78 is 36.4. The number of rotatable bonds is 5. The summed E-state index contributed by atoms with van der Waals surface area (Å²) in [5.74, 6) is 0. The Morgan fingerprint density at radius 2 is 0.917 bits per heavy atom. The lowest BCUT2D eigenvalue weighted by Gasteiger charge is -2.17. The van der Waals surface area contributed by atoms with Gasteiger partial charge in [0.1, 0.15) is 0 Å². The Labute approximate surface area is 211 Å². The molecule has 2 aromatic heterocycles. The van der Waals surface area contributed by atoms with Gasteiger partial charge in [-0.25, -0.2) is 18.6 Å². The summed E-state index contributed by atoms with van der Waals surface area (Å²) in [6, 6.07) is 40.6. The van der Waals surface area contributed by atoms with Crippen LogP contribution in [0.15, 0.2) is 128 Å². The van der Waals surface area contributed by atoms with Crippen LogP contribution in [0.4, 0.5) is 0 Å². The van der Waals surface area contributed by atoms with Gasteiger partial charge in [-0.05, 0) is 47.5 Å². The summed E-state index contributed by atoms with van der Waals surface area (Å²) in [6.45, 7) is 0.770. The standard InChI is InChI=1S/C29H23N2.ClHO4/c1-4-10-24(11-5-1)27-20-28(25-12-6-2-7-13-25)31(22-23-16-18-30-19-17-23)29(21-27)26-14-8-3-9-15-26;2-1(3,4)5/h1-21H,22H2;(H,2,3,4,5)/q+1;/p-1. The summed E-state index contributed by atoms with van der Waals surface area (Å²) >= 11 is 0. The van der Waals surface area contributed by atoms with Gasteiger partial charge < -0.3 is 0 Å². The van der Waals surface area contributed by atoms with E-state index in [-0.39, 0.29) is 0 Å². The van der Waals surface area contributed by atoms with Gasteiger partial charge in [0.2, 0.25) is 11.4 Å². The predicted octanol–water partition coefficient (Wildman–Crippen LogP) is 1.66. The Bertz CT molecular complexity index is 1310. The predicted molar refractivity (Wildman–Crippen MR) is 126 cm³/mol. The highest BCUT2D eigenvalue weighted by atomic mass is 35.7. The molecule has 180 valence electrons. The minimum atomic E-state index is -4.94. The minimum absolute atomic E-state index is 0.770. The van der Waals surface area contributed by atoms with E-state index in [4.69, 9.17) is 18.6 Å². The minimum Gasteiger partial charge on any atom is -0.265 e. The maximum absolute atomic E-state index is 8.49. The van der Waals surface area contributed by atoms with Crippen LogP contribution in [0, 0.1) is 10.2 Å². The maximum atomic E-state index is 8.49. The zero-order chi connectivity index (χ0) is 25.4. The van der Waals surface area contributed by atoms with Crippen molar-refractivity contribution in [3.63, 3.8) is 0 Å². The maximum Gasteiger partial charge on any atom is 0.213 e. The topological polar surface area (TPSA) is 109 Å². The third-order valence-corrected chi connectivity index (χ3v) is 5.50. The Morgan fingerprint density at radius 1 is 0.528 bits per heavy atom. The number of nitrogens with zero attached hydrogens (tertiary/aromatic N) is 2. The molecule has 3 aromatic carbocycles. The van der Waals surface area contributed by atoms with Crippen LogP contribution < -0.4 is 23.2 Å². The average Bonchev–Trinajstić information content (AvgIpc) is 2.90. The van der Waals surface area contributed by atoms with Crippen LogP contribution in [-0.4, -0.2) is 4.98 Å². The molecule has 0 radical (unpaired) electrons. The van der Waals surface area contributed by atoms with Gasteiger partial charge in [0.15, 0.2) is 6.54 Å². The second kappa shape index (κ2) is 11.7. The number of pyridine rings is 2. The molecule has 0 spiro atoms. The summed E-state index contributed by atoms with van der Waals surface area (Å²) in [4.78, 5) is 4.19. The van der Waals surface area contributed by atoms with Gasteiger partial charge in [-0.1, -0.05) is 66.7 Å². The Kier molecular flexibility index (Phi) is 8.17. The van der Waals surface area contributed by atoms with Crippen molar-refractivity contribution in [1.29, 1.82) is 0 Å². The molecular weight excluding hydrogens is 476 g/mol. The van der Waals surface area contributed by atoms with Crippen LogP contribution in [0.5, 0.6) is 0 Å². The molecule has 0 bridgehead atoms. The van der Waals surface area contributed by atoms with E-state index in [2.05, 4.69) is 125 Å². The molecule has 0 amide bonds. The third kappa shape index (κ3) is 7.05. The molecule has 0 unspecified atom stereocenters. The van der Waals surface area contributed by atoms with Crippen LogP contribution in [0.25, 0.3) is 33.6 Å². The molecule has 7 heteroatoms. The molecular formula is C29H23ClN2O4. The Balaban J connectivity index is 0.000000556. The van der Waals surface area contributed by atoms with E-state index >= 15 is 0 Å². The largest absolute Gasteiger partial charge is 0.265 e. The molecule has 5 rings (SSSR count). The summed E-state index contributed by atoms with van der Waals surface area (Å²) in [6.07, 6.45) is 3.72. The zero-order valence-electron chi connectivity index (χ0n) is 19.2. The van der Waals surface area contributed by atoms with Crippen LogP contribution in [0.3, 0.4) is 0 Å². The van der Waals surface area contributed by atoms with Crippen molar-refractivity contribution in [1.82, 2.24) is 4.98 Å². The summed E-state index contributed by atoms with van der Waals surface area (Å²) in [5, 5.41) is 0. The fourth-order valence-electron chi connectivity index (χ4n) is 3.96. The SMILES string of the molecule is [O-][Cl+3]([O-])([O-])[O-].c1ccc(-c2cc(-c3ccccc3)[n+](Cc3ccncc3)c(-c3ccccc3)c2)cc1. The van der Waals surface area contributed by atoms with E-state index in [0.717, 1.165) is 6.54 Å². The van der Waals surface area contributed by atoms with Crippen LogP contribution in [0.2, 0.25) is 0 Å². The van der Waals surface area contributed by atoms with Crippen molar-refractivity contribution >= 4 is 0 Å². The van der Waals surface area contributed by atoms with Gasteiger partial charge in [-0.15, -0.1) is 10.2 Å². The normalized spacial score (nSPS) is 10.9. The zero-order valence-corrected chi connectivity index (χ0v) is 20.0. The summed E-state index contributed by atoms with van der Waals surface area (Å²) in [5.41, 5.74) is 8.44. The van der Waals surface area contributed by atoms with Crippen molar-refractivity contribution in [2.75, 3.05) is 0 Å². The van der Waals surface area contributed by atoms with E-state index in [1.165, 1.54) is 39.2 Å². The Hall–Kier alpha value is -3.91. The molecule has 6 nitrogen and oxygen atoms in total. The first kappa shape index (κ1) is 25.2. The molecule has 0 N–H and O–H groups in total. The molecule has 0 fully saturated rings. The first-order valence-corrected chi connectivity index (χ1v) is 12.4. The third-order valence-electron chi connectivity index (χ3n) is 5.50. The molecule has 0 aliphatic heterocycles. The van der Waals surface area contributed by atoms with Crippen LogP contribution in [-0.2, 0) is 6.54 Å². The highest BCUT2D eigenvalue weighted by Gasteiger charge is 2.23. The smallest absolute Gasteiger partial charge is 0.213 e. The second-order valence-electron chi connectivity index (χ2n) is 7.93. The highest BCUT2D eigenvalue weighted by Crippen LogP contribution is 2.29. The quantitative estimate of drug-likeness (QED) is 0.342. The highest BCUT2D eigenvalue weighted by molar-refractivity contribution is 5.73. The second-order valence-corrected chi connectivity index (χ2v) is 8.69. The number of aromatic nitrogens is 2. The molecule has 0 saturated heterocycles. The lowest BCUT2D eigenvalue weighted by atomic mass is 9.98. The van der Waals surface area contributed by atoms with Gasteiger partial charge in [0, 0.05) is 41.2 Å². The molecule has 0 aliphatic carbocycles. The van der Waals surface area contributed by atoms with Crippen molar-refractivity contribution in [2.24, 2.45) is 0 Å². The van der Waals surface area contributed by atoms with E-state index in [0.29, 0.717) is 0 Å². The molecule has 2 heterocycles. The van der Waals surface area contributed by atoms with Crippen molar-refractivity contribution < 1.29 is 33.4 Å². The van der Waals surface area contributed by atoms with Gasteiger partial charge in [0.05, 0.1) is 0 Å². The molecule has 0 saturated carbocycles. The van der Waals surface area contributed by atoms with E-state index in [9.17, 15) is 0 Å². The fraction of sp³-hybridized carbons (Fsp3) is 0.0345. The number of hydrogen-bond acceptors (Lipinski definition) is 5. The van der Waals surface area contributed by atoms with E-state index in [1.807, 2.05) is 12.4 Å². The lowest BCUT2D eigenvalue weighted by Crippen LogP contribution is -2.68. The molecule has 0 atom stereocenters. The lowest BCUT2D eigenvalue weighted by molar-refractivity contribution is -2.00. The van der Waals surface area contributed by atoms with Gasteiger partial charge in [-0.3, -0.25) is 4.98 Å². The first-order valence-electron chi connectivity index (χ1n) is 11.1. The molecule has 36 heavy (non-hydrogen) atoms. The van der Waals surface area contributed by atoms with Crippen molar-refractivity contribution in [3.8, 4) is 33.6 Å². The summed E-state index contributed by atoms with van der Waals surface area (Å²) in [7, 11) is -4.94. The van der Waals surface area contributed by atoms with Crippen molar-refractivity contribution in [3.05, 3.63) is 133 Å². The van der Waals surface area contributed by atoms with E-state index in [1.54, 1.807) is 0 Å². The first-order chi connectivity index (χ1) is 17.4. The monoisotopic (exact) mass is 498 g/mol. The number of hydrogen-bond donors (Lipinski definition) is 0. The van der Waals surface area contributed by atoms with Gasteiger partial charge in [0.25, 0.3) is 0 Å². The number of benzene rings is 3. The van der Waals surface area contributed by atoms with Gasteiger partial charge in [-0.2, -0.15) is 4.57 Å². The van der Waals surface area contributed by atoms with Crippen LogP contribution in [0.1, 0.15) is 5.56 Å². The fourth-order valence-corrected chi connectivity index (χ4v) is 3.96. The average molecular weight is 499 g/mol. The molecule has 5 aromatic rings. The molecule has 0 aliphatic rings.